The summed E-state index contributed by atoms with van der Waals surface area (Å²) in [5, 5.41) is 0.730. The second-order valence-electron chi connectivity index (χ2n) is 6.76. The predicted molar refractivity (Wildman–Crippen MR) is 96.5 cm³/mol. The van der Waals surface area contributed by atoms with Gasteiger partial charge in [-0.1, -0.05) is 26.8 Å². The molecule has 0 aliphatic carbocycles. The Morgan fingerprint density at radius 1 is 1.24 bits per heavy atom. The summed E-state index contributed by atoms with van der Waals surface area (Å²) >= 11 is 0. The first-order chi connectivity index (χ1) is 11.7. The van der Waals surface area contributed by atoms with E-state index in [4.69, 9.17) is 20.6 Å². The van der Waals surface area contributed by atoms with Gasteiger partial charge in [-0.15, -0.1) is 0 Å². The molecule has 4 N–H and O–H groups in total. The van der Waals surface area contributed by atoms with Crippen molar-refractivity contribution in [1.82, 2.24) is 0 Å². The lowest BCUT2D eigenvalue weighted by Crippen LogP contribution is -2.23. The van der Waals surface area contributed by atoms with Crippen LogP contribution in [0, 0.1) is 0 Å². The summed E-state index contributed by atoms with van der Waals surface area (Å²) in [6.07, 6.45) is -0.0302. The highest BCUT2D eigenvalue weighted by Crippen LogP contribution is 2.27. The Labute approximate surface area is 145 Å². The monoisotopic (exact) mass is 345 g/mol. The minimum atomic E-state index is -0.501. The third-order valence-electron chi connectivity index (χ3n) is 3.68. The fourth-order valence-corrected chi connectivity index (χ4v) is 2.38. The third-order valence-corrected chi connectivity index (χ3v) is 3.68. The molecule has 0 amide bonds. The molecule has 0 fully saturated rings. The largest absolute Gasteiger partial charge is 0.463 e. The van der Waals surface area contributed by atoms with Gasteiger partial charge < -0.3 is 20.6 Å². The minimum Gasteiger partial charge on any atom is -0.463 e. The number of ether oxygens (including phenoxy) is 1. The van der Waals surface area contributed by atoms with Crippen molar-refractivity contribution in [2.75, 3.05) is 13.2 Å². The van der Waals surface area contributed by atoms with Crippen molar-refractivity contribution in [1.29, 1.82) is 0 Å². The van der Waals surface area contributed by atoms with Crippen molar-refractivity contribution in [2.24, 2.45) is 16.5 Å². The van der Waals surface area contributed by atoms with E-state index in [-0.39, 0.29) is 30.9 Å². The lowest BCUT2D eigenvalue weighted by molar-refractivity contribution is -0.142. The maximum atomic E-state index is 12.0. The molecule has 7 nitrogen and oxygen atoms in total. The van der Waals surface area contributed by atoms with Gasteiger partial charge >= 0.3 is 11.6 Å². The van der Waals surface area contributed by atoms with Gasteiger partial charge in [0.1, 0.15) is 12.2 Å². The van der Waals surface area contributed by atoms with Crippen LogP contribution in [0.15, 0.2) is 38.5 Å². The maximum Gasteiger partial charge on any atom is 0.336 e. The molecule has 25 heavy (non-hydrogen) atoms. The van der Waals surface area contributed by atoms with Crippen LogP contribution in [0.5, 0.6) is 0 Å². The summed E-state index contributed by atoms with van der Waals surface area (Å²) in [6, 6.07) is 6.94. The van der Waals surface area contributed by atoms with E-state index in [1.165, 1.54) is 6.07 Å². The molecule has 1 aromatic carbocycles. The van der Waals surface area contributed by atoms with Crippen LogP contribution in [-0.2, 0) is 21.4 Å². The van der Waals surface area contributed by atoms with Crippen molar-refractivity contribution in [3.8, 4) is 0 Å². The second-order valence-corrected chi connectivity index (χ2v) is 6.76. The number of guanidine groups is 1. The van der Waals surface area contributed by atoms with Gasteiger partial charge in [-0.2, -0.15) is 0 Å². The van der Waals surface area contributed by atoms with Crippen LogP contribution in [0.3, 0.4) is 0 Å². The Morgan fingerprint density at radius 2 is 1.96 bits per heavy atom. The van der Waals surface area contributed by atoms with Crippen molar-refractivity contribution in [3.63, 3.8) is 0 Å². The molecule has 2 rings (SSSR count). The summed E-state index contributed by atoms with van der Waals surface area (Å²) in [5.41, 5.74) is 11.9. The molecule has 0 saturated heterocycles. The molecular weight excluding hydrogens is 322 g/mol. The van der Waals surface area contributed by atoms with Crippen LogP contribution in [-0.4, -0.2) is 25.1 Å². The van der Waals surface area contributed by atoms with Crippen molar-refractivity contribution in [2.45, 2.75) is 32.6 Å². The summed E-state index contributed by atoms with van der Waals surface area (Å²) < 4.78 is 10.3. The number of aliphatic imine (C=N–C) groups is 1. The van der Waals surface area contributed by atoms with Crippen LogP contribution in [0.4, 0.5) is 0 Å². The quantitative estimate of drug-likeness (QED) is 0.278. The fourth-order valence-electron chi connectivity index (χ4n) is 2.38. The van der Waals surface area contributed by atoms with E-state index in [0.717, 1.165) is 10.9 Å². The average Bonchev–Trinajstić information content (AvgIpc) is 2.50. The minimum absolute atomic E-state index is 0.0302. The fraction of sp³-hybridized carbons (Fsp3) is 0.389. The average molecular weight is 345 g/mol. The highest BCUT2D eigenvalue weighted by atomic mass is 16.5. The summed E-state index contributed by atoms with van der Waals surface area (Å²) in [7, 11) is 0. The highest BCUT2D eigenvalue weighted by molar-refractivity contribution is 5.85. The first-order valence-electron chi connectivity index (χ1n) is 7.95. The SMILES string of the molecule is CC(C)(C)c1ccc2oc(=O)cc(CC(=O)OCCN=C(N)N)c2c1. The Kier molecular flexibility index (Phi) is 5.46. The highest BCUT2D eigenvalue weighted by Gasteiger charge is 2.17. The zero-order chi connectivity index (χ0) is 18.6. The molecule has 0 unspecified atom stereocenters. The maximum absolute atomic E-state index is 12.0. The molecule has 0 saturated carbocycles. The number of esters is 1. The topological polar surface area (TPSA) is 121 Å². The normalized spacial score (nSPS) is 11.3. The van der Waals surface area contributed by atoms with Gasteiger partial charge in [0.2, 0.25) is 0 Å². The Balaban J connectivity index is 2.25. The summed E-state index contributed by atoms with van der Waals surface area (Å²) in [5.74, 6) is -0.517. The standard InChI is InChI=1S/C18H23N3O4/c1-18(2,3)12-4-5-14-13(10-12)11(9-16(23)25-14)8-15(22)24-7-6-21-17(19)20/h4-5,9-10H,6-8H2,1-3H3,(H4,19,20,21). The van der Waals surface area contributed by atoms with Crippen LogP contribution >= 0.6 is 0 Å². The number of hydrogen-bond donors (Lipinski definition) is 2. The molecule has 0 aliphatic heterocycles. The molecule has 1 heterocycles. The van der Waals surface area contributed by atoms with Gasteiger partial charge in [-0.25, -0.2) is 4.79 Å². The zero-order valence-electron chi connectivity index (χ0n) is 14.7. The Bertz CT molecular complexity index is 859. The molecule has 1 aromatic heterocycles. The van der Waals surface area contributed by atoms with Gasteiger partial charge in [0.15, 0.2) is 5.96 Å². The lowest BCUT2D eigenvalue weighted by atomic mass is 9.86. The molecule has 0 radical (unpaired) electrons. The van der Waals surface area contributed by atoms with Crippen molar-refractivity contribution >= 4 is 22.9 Å². The third kappa shape index (κ3) is 5.07. The molecule has 2 aromatic rings. The van der Waals surface area contributed by atoms with Crippen LogP contribution in [0.1, 0.15) is 31.9 Å². The number of nitrogens with two attached hydrogens (primary N) is 2. The van der Waals surface area contributed by atoms with Crippen LogP contribution < -0.4 is 17.1 Å². The van der Waals surface area contributed by atoms with E-state index in [2.05, 4.69) is 25.8 Å². The molecule has 7 heteroatoms. The Hall–Kier alpha value is -2.83. The molecule has 134 valence electrons. The van der Waals surface area contributed by atoms with Crippen LogP contribution in [0.2, 0.25) is 0 Å². The molecule has 0 bridgehead atoms. The number of fused-ring (bicyclic) bond motifs is 1. The summed E-state index contributed by atoms with van der Waals surface area (Å²) in [6.45, 7) is 6.53. The van der Waals surface area contributed by atoms with Gasteiger partial charge in [-0.3, -0.25) is 9.79 Å². The molecule has 0 aliphatic rings. The number of benzene rings is 1. The second kappa shape index (κ2) is 7.38. The first-order valence-corrected chi connectivity index (χ1v) is 7.95. The number of carbonyl (C=O) groups is 1. The van der Waals surface area contributed by atoms with Gasteiger partial charge in [-0.05, 0) is 28.7 Å². The number of carbonyl (C=O) groups excluding carboxylic acids is 1. The summed E-state index contributed by atoms with van der Waals surface area (Å²) in [4.78, 5) is 27.5. The van der Waals surface area contributed by atoms with Crippen molar-refractivity contribution < 1.29 is 13.9 Å². The van der Waals surface area contributed by atoms with E-state index in [9.17, 15) is 9.59 Å². The molecular formula is C18H23N3O4. The Morgan fingerprint density at radius 3 is 2.60 bits per heavy atom. The van der Waals surface area contributed by atoms with Gasteiger partial charge in [0.05, 0.1) is 13.0 Å². The molecule has 0 spiro atoms. The van der Waals surface area contributed by atoms with Gasteiger partial charge in [0, 0.05) is 11.5 Å². The number of nitrogens with zero attached hydrogens (tertiary/aromatic N) is 1. The van der Waals surface area contributed by atoms with Gasteiger partial charge in [0.25, 0.3) is 0 Å². The smallest absolute Gasteiger partial charge is 0.336 e. The predicted octanol–water partition coefficient (Wildman–Crippen LogP) is 1.45. The van der Waals surface area contributed by atoms with E-state index in [1.807, 2.05) is 12.1 Å². The van der Waals surface area contributed by atoms with Crippen molar-refractivity contribution in [3.05, 3.63) is 45.8 Å². The first kappa shape index (κ1) is 18.5. The molecule has 0 atom stereocenters. The number of rotatable bonds is 5. The lowest BCUT2D eigenvalue weighted by Gasteiger charge is -2.19. The van der Waals surface area contributed by atoms with E-state index < -0.39 is 11.6 Å². The van der Waals surface area contributed by atoms with Crippen LogP contribution in [0.25, 0.3) is 11.0 Å². The van der Waals surface area contributed by atoms with E-state index in [1.54, 1.807) is 6.07 Å². The zero-order valence-corrected chi connectivity index (χ0v) is 14.7. The number of hydrogen-bond acceptors (Lipinski definition) is 5. The van der Waals surface area contributed by atoms with E-state index >= 15 is 0 Å². The van der Waals surface area contributed by atoms with E-state index in [0.29, 0.717) is 11.1 Å².